The van der Waals surface area contributed by atoms with E-state index in [-0.39, 0.29) is 16.6 Å². The van der Waals surface area contributed by atoms with E-state index in [1.807, 2.05) is 0 Å². The third-order valence-electron chi connectivity index (χ3n) is 7.74. The summed E-state index contributed by atoms with van der Waals surface area (Å²) in [6.45, 7) is 13.9. The number of halogens is 2. The molecule has 2 rings (SSSR count). The van der Waals surface area contributed by atoms with Gasteiger partial charge in [-0.3, -0.25) is 0 Å². The molecule has 7 heteroatoms. The first-order valence-corrected chi connectivity index (χ1v) is 15.2. The molecule has 0 aromatic heterocycles. The number of allylic oxidation sites excluding steroid dienone is 1. The molecular weight excluding hydrogens is 454 g/mol. The Kier molecular flexibility index (Phi) is 10.8. The van der Waals surface area contributed by atoms with E-state index in [9.17, 15) is 9.90 Å². The van der Waals surface area contributed by atoms with Gasteiger partial charge in [-0.25, -0.2) is 4.79 Å². The maximum atomic E-state index is 15.5. The summed E-state index contributed by atoms with van der Waals surface area (Å²) < 4.78 is 42.2. The van der Waals surface area contributed by atoms with Crippen molar-refractivity contribution in [3.63, 3.8) is 0 Å². The van der Waals surface area contributed by atoms with Crippen LogP contribution in [0.15, 0.2) is 11.1 Å². The number of carbonyl (C=O) groups is 1. The molecule has 194 valence electrons. The highest BCUT2D eigenvalue weighted by Crippen LogP contribution is 2.42. The molecule has 1 saturated heterocycles. The molecule has 1 N–H and O–H groups in total. The SMILES string of the molecule is CC(C)[Si](C#CC(F)(F)CC(CCC1OCCCO1)C1=C(C(=O)O)CCCC1)(C(C)C)C(C)C. The zero-order chi connectivity index (χ0) is 25.5. The Morgan fingerprint density at radius 1 is 1.03 bits per heavy atom. The molecule has 0 bridgehead atoms. The van der Waals surface area contributed by atoms with E-state index in [0.717, 1.165) is 19.3 Å². The lowest BCUT2D eigenvalue weighted by Gasteiger charge is -2.38. The van der Waals surface area contributed by atoms with Gasteiger partial charge >= 0.3 is 11.9 Å². The van der Waals surface area contributed by atoms with E-state index in [2.05, 4.69) is 53.0 Å². The van der Waals surface area contributed by atoms with Crippen LogP contribution in [0.4, 0.5) is 8.78 Å². The highest BCUT2D eigenvalue weighted by molar-refractivity contribution is 6.90. The molecule has 1 unspecified atom stereocenters. The Balaban J connectivity index is 2.35. The summed E-state index contributed by atoms with van der Waals surface area (Å²) >= 11 is 0. The van der Waals surface area contributed by atoms with Crippen molar-refractivity contribution >= 4 is 14.0 Å². The molecule has 0 aromatic carbocycles. The lowest BCUT2D eigenvalue weighted by Crippen LogP contribution is -2.43. The van der Waals surface area contributed by atoms with Gasteiger partial charge in [0.05, 0.1) is 13.2 Å². The molecule has 1 fully saturated rings. The molecule has 0 saturated carbocycles. The number of alkyl halides is 2. The van der Waals surface area contributed by atoms with Gasteiger partial charge in [-0.15, -0.1) is 5.54 Å². The van der Waals surface area contributed by atoms with Gasteiger partial charge in [-0.2, -0.15) is 8.78 Å². The van der Waals surface area contributed by atoms with Crippen LogP contribution in [-0.4, -0.2) is 44.6 Å². The quantitative estimate of drug-likeness (QED) is 0.253. The average Bonchev–Trinajstić information content (AvgIpc) is 2.77. The third-order valence-corrected chi connectivity index (χ3v) is 14.0. The number of rotatable bonds is 10. The first-order valence-electron chi connectivity index (χ1n) is 13.0. The van der Waals surface area contributed by atoms with Crippen LogP contribution in [0, 0.1) is 17.4 Å². The highest BCUT2D eigenvalue weighted by atomic mass is 28.3. The predicted octanol–water partition coefficient (Wildman–Crippen LogP) is 7.35. The maximum absolute atomic E-state index is 15.5. The molecule has 1 aliphatic heterocycles. The Hall–Kier alpha value is -1.23. The number of carboxylic acids is 1. The molecule has 0 spiro atoms. The second-order valence-electron chi connectivity index (χ2n) is 10.9. The Morgan fingerprint density at radius 2 is 1.59 bits per heavy atom. The standard InChI is InChI=1S/C27H44F2O4Si/c1-19(2)34(20(3)4,21(5)6)17-14-27(28,29)18-22(12-13-25-32-15-9-16-33-25)23-10-7-8-11-24(23)26(30)31/h19-22,25H,7-13,15-16,18H2,1-6H3,(H,30,31). The van der Waals surface area contributed by atoms with Crippen molar-refractivity contribution in [1.82, 2.24) is 0 Å². The lowest BCUT2D eigenvalue weighted by molar-refractivity contribution is -0.182. The number of carboxylic acid groups (broad SMARTS) is 1. The second kappa shape index (κ2) is 12.6. The summed E-state index contributed by atoms with van der Waals surface area (Å²) in [5.41, 5.74) is 4.98. The van der Waals surface area contributed by atoms with E-state index in [4.69, 9.17) is 9.47 Å². The topological polar surface area (TPSA) is 55.8 Å². The van der Waals surface area contributed by atoms with Crippen LogP contribution in [0.1, 0.15) is 92.9 Å². The first kappa shape index (κ1) is 29.0. The minimum atomic E-state index is -3.18. The minimum Gasteiger partial charge on any atom is -0.478 e. The number of hydrogen-bond acceptors (Lipinski definition) is 3. The van der Waals surface area contributed by atoms with Crippen molar-refractivity contribution in [3.8, 4) is 11.5 Å². The fraction of sp³-hybridized carbons (Fsp3) is 0.815. The summed E-state index contributed by atoms with van der Waals surface area (Å²) in [4.78, 5) is 11.9. The van der Waals surface area contributed by atoms with Crippen LogP contribution < -0.4 is 0 Å². The van der Waals surface area contributed by atoms with Crippen LogP contribution in [0.25, 0.3) is 0 Å². The fourth-order valence-corrected chi connectivity index (χ4v) is 11.3. The lowest BCUT2D eigenvalue weighted by atomic mass is 9.79. The van der Waals surface area contributed by atoms with Crippen LogP contribution in [0.2, 0.25) is 16.6 Å². The zero-order valence-electron chi connectivity index (χ0n) is 21.9. The second-order valence-corrected chi connectivity index (χ2v) is 16.5. The molecule has 0 amide bonds. The average molecular weight is 499 g/mol. The van der Waals surface area contributed by atoms with Gasteiger partial charge in [0, 0.05) is 12.0 Å². The molecular formula is C27H44F2O4Si. The Bertz CT molecular complexity index is 751. The third kappa shape index (κ3) is 7.38. The van der Waals surface area contributed by atoms with Crippen molar-refractivity contribution in [2.24, 2.45) is 5.92 Å². The number of hydrogen-bond donors (Lipinski definition) is 1. The Morgan fingerprint density at radius 3 is 2.12 bits per heavy atom. The monoisotopic (exact) mass is 498 g/mol. The summed E-state index contributed by atoms with van der Waals surface area (Å²) in [5, 5.41) is 9.75. The van der Waals surface area contributed by atoms with Crippen molar-refractivity contribution in [2.45, 2.75) is 122 Å². The summed E-state index contributed by atoms with van der Waals surface area (Å²) in [5.74, 6) is -2.26. The van der Waals surface area contributed by atoms with Crippen LogP contribution in [0.3, 0.4) is 0 Å². The van der Waals surface area contributed by atoms with E-state index < -0.39 is 38.6 Å². The fourth-order valence-electron chi connectivity index (χ4n) is 6.06. The molecule has 1 heterocycles. The van der Waals surface area contributed by atoms with Crippen molar-refractivity contribution in [1.29, 1.82) is 0 Å². The van der Waals surface area contributed by atoms with Gasteiger partial charge in [0.25, 0.3) is 0 Å². The largest absolute Gasteiger partial charge is 0.478 e. The normalized spacial score (nSPS) is 19.5. The molecule has 4 nitrogen and oxygen atoms in total. The van der Waals surface area contributed by atoms with Gasteiger partial charge in [0.2, 0.25) is 0 Å². The van der Waals surface area contributed by atoms with Crippen LogP contribution in [0.5, 0.6) is 0 Å². The summed E-state index contributed by atoms with van der Waals surface area (Å²) in [6.07, 6.45) is 3.49. The number of ether oxygens (including phenoxy) is 2. The van der Waals surface area contributed by atoms with Crippen LogP contribution in [-0.2, 0) is 14.3 Å². The smallest absolute Gasteiger partial charge is 0.331 e. The Labute approximate surface area is 205 Å². The zero-order valence-corrected chi connectivity index (χ0v) is 22.9. The summed E-state index contributed by atoms with van der Waals surface area (Å²) in [7, 11) is -2.29. The van der Waals surface area contributed by atoms with Gasteiger partial charge < -0.3 is 14.6 Å². The van der Waals surface area contributed by atoms with Crippen molar-refractivity contribution in [3.05, 3.63) is 11.1 Å². The summed E-state index contributed by atoms with van der Waals surface area (Å²) in [6, 6.07) is 0. The van der Waals surface area contributed by atoms with Crippen molar-refractivity contribution in [2.75, 3.05) is 13.2 Å². The molecule has 2 aliphatic rings. The molecule has 1 atom stereocenters. The molecule has 1 aliphatic carbocycles. The van der Waals surface area contributed by atoms with Crippen LogP contribution >= 0.6 is 0 Å². The van der Waals surface area contributed by atoms with E-state index in [1.165, 1.54) is 0 Å². The molecule has 34 heavy (non-hydrogen) atoms. The molecule has 0 radical (unpaired) electrons. The van der Waals surface area contributed by atoms with Gasteiger partial charge in [0.15, 0.2) is 6.29 Å². The van der Waals surface area contributed by atoms with Gasteiger partial charge in [-0.05, 0) is 73.4 Å². The highest BCUT2D eigenvalue weighted by Gasteiger charge is 2.43. The predicted molar refractivity (Wildman–Crippen MR) is 135 cm³/mol. The van der Waals surface area contributed by atoms with Gasteiger partial charge in [-0.1, -0.05) is 47.1 Å². The number of aliphatic carboxylic acids is 1. The van der Waals surface area contributed by atoms with Crippen molar-refractivity contribution < 1.29 is 28.2 Å². The molecule has 0 aromatic rings. The van der Waals surface area contributed by atoms with Gasteiger partial charge in [0.1, 0.15) is 8.07 Å². The van der Waals surface area contributed by atoms with E-state index in [0.29, 0.717) is 50.0 Å². The maximum Gasteiger partial charge on any atom is 0.331 e. The van der Waals surface area contributed by atoms with E-state index in [1.54, 1.807) is 0 Å². The van der Waals surface area contributed by atoms with E-state index >= 15 is 8.78 Å². The minimum absolute atomic E-state index is 0.270. The first-order chi connectivity index (χ1) is 15.9.